The summed E-state index contributed by atoms with van der Waals surface area (Å²) >= 11 is 0. The van der Waals surface area contributed by atoms with Crippen molar-refractivity contribution >= 4 is 23.6 Å². The molecular formula is C39H42F2N2O10. The van der Waals surface area contributed by atoms with Gasteiger partial charge in [-0.15, -0.1) is 0 Å². The van der Waals surface area contributed by atoms with E-state index in [0.717, 1.165) is 0 Å². The van der Waals surface area contributed by atoms with Crippen LogP contribution in [-0.4, -0.2) is 79.2 Å². The number of hydrogen-bond acceptors (Lipinski definition) is 12. The van der Waals surface area contributed by atoms with E-state index in [-0.39, 0.29) is 38.7 Å². The van der Waals surface area contributed by atoms with E-state index in [9.17, 15) is 14.4 Å². The number of rotatable bonds is 14. The highest BCUT2D eigenvalue weighted by atomic mass is 19.1. The molecule has 1 aliphatic heterocycles. The average Bonchev–Trinajstić information content (AvgIpc) is 3.16. The lowest BCUT2D eigenvalue weighted by atomic mass is 9.81. The second-order valence-electron chi connectivity index (χ2n) is 11.6. The van der Waals surface area contributed by atoms with Gasteiger partial charge >= 0.3 is 17.9 Å². The quantitative estimate of drug-likeness (QED) is 0.0860. The standard InChI is InChI=1S/C38H37F2NO10.CH5N/c1-22-14-32-25(17-27(22)39)38(26-18-28(40)23(2)15-33(26)51-32)24-10-11-29(41(19-35(42)45-3)20-36(43)46-4)34(16-24)49-13-12-48-30-8-6-7-9-31(30)50-21-37(44)47-5;1-2/h6-11,14-18,38H,12-13,19-21H2,1-5H3;2H2,1H3. The van der Waals surface area contributed by atoms with Gasteiger partial charge in [-0.25, -0.2) is 13.6 Å². The molecule has 0 bridgehead atoms. The van der Waals surface area contributed by atoms with Crippen molar-refractivity contribution in [2.45, 2.75) is 19.8 Å². The number of fused-ring (bicyclic) bond motifs is 2. The highest BCUT2D eigenvalue weighted by Gasteiger charge is 2.32. The van der Waals surface area contributed by atoms with Gasteiger partial charge in [-0.3, -0.25) is 9.59 Å². The Morgan fingerprint density at radius 2 is 1.17 bits per heavy atom. The molecule has 282 valence electrons. The molecule has 1 aliphatic rings. The summed E-state index contributed by atoms with van der Waals surface area (Å²) in [6.07, 6.45) is 0. The van der Waals surface area contributed by atoms with E-state index in [1.165, 1.54) is 45.4 Å². The van der Waals surface area contributed by atoms with Crippen molar-refractivity contribution in [3.8, 4) is 28.7 Å². The van der Waals surface area contributed by atoms with Crippen LogP contribution in [0.2, 0.25) is 0 Å². The number of ether oxygens (including phenoxy) is 7. The summed E-state index contributed by atoms with van der Waals surface area (Å²) in [6.45, 7) is 2.28. The predicted molar refractivity (Wildman–Crippen MR) is 191 cm³/mol. The van der Waals surface area contributed by atoms with Gasteiger partial charge in [0.1, 0.15) is 55.2 Å². The molecule has 0 saturated carbocycles. The van der Waals surface area contributed by atoms with Crippen LogP contribution in [0.25, 0.3) is 0 Å². The molecule has 0 amide bonds. The van der Waals surface area contributed by atoms with Gasteiger partial charge in [0.05, 0.1) is 27.0 Å². The molecule has 0 radical (unpaired) electrons. The molecular weight excluding hydrogens is 694 g/mol. The summed E-state index contributed by atoms with van der Waals surface area (Å²) < 4.78 is 68.3. The number of esters is 3. The second-order valence-corrected chi connectivity index (χ2v) is 11.6. The molecule has 2 N–H and O–H groups in total. The number of carbonyl (C=O) groups is 3. The molecule has 5 rings (SSSR count). The van der Waals surface area contributed by atoms with Crippen molar-refractivity contribution in [1.29, 1.82) is 0 Å². The lowest BCUT2D eigenvalue weighted by Crippen LogP contribution is -2.36. The van der Waals surface area contributed by atoms with E-state index in [0.29, 0.717) is 56.5 Å². The van der Waals surface area contributed by atoms with Crippen LogP contribution >= 0.6 is 0 Å². The zero-order chi connectivity index (χ0) is 38.7. The summed E-state index contributed by atoms with van der Waals surface area (Å²) in [4.78, 5) is 37.9. The summed E-state index contributed by atoms with van der Waals surface area (Å²) in [5.41, 5.74) is 7.14. The normalized spacial score (nSPS) is 11.4. The van der Waals surface area contributed by atoms with Gasteiger partial charge in [0.2, 0.25) is 0 Å². The Morgan fingerprint density at radius 1 is 0.679 bits per heavy atom. The molecule has 4 aromatic carbocycles. The van der Waals surface area contributed by atoms with Gasteiger partial charge in [0.25, 0.3) is 0 Å². The first kappa shape index (κ1) is 39.9. The number of nitrogens with zero attached hydrogens (tertiary/aromatic N) is 1. The predicted octanol–water partition coefficient (Wildman–Crippen LogP) is 5.60. The van der Waals surface area contributed by atoms with Gasteiger partial charge in [-0.2, -0.15) is 0 Å². The van der Waals surface area contributed by atoms with Crippen molar-refractivity contribution in [3.63, 3.8) is 0 Å². The molecule has 0 saturated heterocycles. The fourth-order valence-corrected chi connectivity index (χ4v) is 5.56. The van der Waals surface area contributed by atoms with Gasteiger partial charge in [-0.1, -0.05) is 18.2 Å². The lowest BCUT2D eigenvalue weighted by Gasteiger charge is -2.31. The van der Waals surface area contributed by atoms with Gasteiger partial charge in [-0.05, 0) is 86.1 Å². The number of anilines is 1. The number of benzene rings is 4. The van der Waals surface area contributed by atoms with Crippen LogP contribution < -0.4 is 29.6 Å². The summed E-state index contributed by atoms with van der Waals surface area (Å²) in [7, 11) is 5.21. The zero-order valence-electron chi connectivity index (χ0n) is 30.3. The fraction of sp³-hybridized carbons (Fsp3) is 0.308. The second kappa shape index (κ2) is 18.6. The van der Waals surface area contributed by atoms with Crippen LogP contribution in [0.1, 0.15) is 33.7 Å². The molecule has 0 spiro atoms. The highest BCUT2D eigenvalue weighted by molar-refractivity contribution is 5.83. The van der Waals surface area contributed by atoms with Crippen LogP contribution in [0, 0.1) is 25.5 Å². The molecule has 1 heterocycles. The van der Waals surface area contributed by atoms with E-state index in [2.05, 4.69) is 10.5 Å². The third kappa shape index (κ3) is 9.71. The Kier molecular flexibility index (Phi) is 14.0. The van der Waals surface area contributed by atoms with E-state index < -0.39 is 35.5 Å². The summed E-state index contributed by atoms with van der Waals surface area (Å²) in [6, 6.07) is 17.8. The number of halogens is 2. The van der Waals surface area contributed by atoms with Crippen LogP contribution in [-0.2, 0) is 28.6 Å². The fourth-order valence-electron chi connectivity index (χ4n) is 5.56. The minimum atomic E-state index is -0.685. The Balaban J connectivity index is 0.00000308. The van der Waals surface area contributed by atoms with Crippen molar-refractivity contribution in [1.82, 2.24) is 0 Å². The van der Waals surface area contributed by atoms with Crippen molar-refractivity contribution < 1.29 is 56.3 Å². The molecule has 4 aromatic rings. The number of hydrogen-bond donors (Lipinski definition) is 1. The highest BCUT2D eigenvalue weighted by Crippen LogP contribution is 2.49. The van der Waals surface area contributed by atoms with Gasteiger partial charge < -0.3 is 43.8 Å². The van der Waals surface area contributed by atoms with Crippen LogP contribution in [0.5, 0.6) is 28.7 Å². The maximum Gasteiger partial charge on any atom is 0.343 e. The third-order valence-electron chi connectivity index (χ3n) is 8.20. The number of carbonyl (C=O) groups excluding carboxylic acids is 3. The summed E-state index contributed by atoms with van der Waals surface area (Å²) in [5.74, 6) is -1.67. The molecule has 0 fully saturated rings. The molecule has 14 heteroatoms. The van der Waals surface area contributed by atoms with E-state index in [1.807, 2.05) is 0 Å². The first-order chi connectivity index (χ1) is 25.5. The van der Waals surface area contributed by atoms with Gasteiger partial charge in [0.15, 0.2) is 18.1 Å². The lowest BCUT2D eigenvalue weighted by molar-refractivity contribution is -0.143. The molecule has 12 nitrogen and oxygen atoms in total. The minimum absolute atomic E-state index is 0.00812. The maximum atomic E-state index is 15.1. The Morgan fingerprint density at radius 3 is 1.68 bits per heavy atom. The van der Waals surface area contributed by atoms with Crippen LogP contribution in [0.3, 0.4) is 0 Å². The number of methoxy groups -OCH3 is 3. The maximum absolute atomic E-state index is 15.1. The van der Waals surface area contributed by atoms with E-state index >= 15 is 8.78 Å². The molecule has 0 atom stereocenters. The number of para-hydroxylation sites is 2. The van der Waals surface area contributed by atoms with E-state index in [4.69, 9.17) is 28.4 Å². The van der Waals surface area contributed by atoms with Crippen LogP contribution in [0.4, 0.5) is 14.5 Å². The first-order valence-corrected chi connectivity index (χ1v) is 16.4. The first-order valence-electron chi connectivity index (χ1n) is 16.4. The molecule has 53 heavy (non-hydrogen) atoms. The summed E-state index contributed by atoms with van der Waals surface area (Å²) in [5, 5.41) is 0. The van der Waals surface area contributed by atoms with E-state index in [1.54, 1.807) is 68.4 Å². The van der Waals surface area contributed by atoms with Crippen molar-refractivity contribution in [3.05, 3.63) is 106 Å². The SMILES string of the molecule is CN.COC(=O)COc1ccccc1OCCOc1cc(C2c3cc(F)c(C)cc3Oc3cc(C)c(F)cc32)ccc1N(CC(=O)OC)CC(=O)OC. The van der Waals surface area contributed by atoms with Crippen molar-refractivity contribution in [2.75, 3.05) is 66.2 Å². The monoisotopic (exact) mass is 736 g/mol. The largest absolute Gasteiger partial charge is 0.488 e. The minimum Gasteiger partial charge on any atom is -0.488 e. The Bertz CT molecular complexity index is 1860. The van der Waals surface area contributed by atoms with Crippen LogP contribution in [0.15, 0.2) is 66.7 Å². The number of nitrogens with two attached hydrogens (primary N) is 1. The third-order valence-corrected chi connectivity index (χ3v) is 8.20. The Labute approximate surface area is 306 Å². The molecule has 0 aliphatic carbocycles. The smallest absolute Gasteiger partial charge is 0.343 e. The van der Waals surface area contributed by atoms with Crippen molar-refractivity contribution in [2.24, 2.45) is 5.73 Å². The topological polar surface area (TPSA) is 145 Å². The molecule has 0 unspecified atom stereocenters. The van der Waals surface area contributed by atoms with Gasteiger partial charge in [0, 0.05) is 17.0 Å². The average molecular weight is 737 g/mol. The Hall–Kier alpha value is -5.89. The molecule has 0 aromatic heterocycles. The number of aryl methyl sites for hydroxylation is 2. The zero-order valence-corrected chi connectivity index (χ0v) is 30.3.